The van der Waals surface area contributed by atoms with E-state index in [0.29, 0.717) is 12.6 Å². The van der Waals surface area contributed by atoms with Crippen LogP contribution in [0, 0.1) is 0 Å². The molecular weight excluding hydrogens is 224 g/mol. The van der Waals surface area contributed by atoms with Crippen molar-refractivity contribution in [2.75, 3.05) is 13.2 Å². The smallest absolute Gasteiger partial charge is 0.0556 e. The SMILES string of the molecule is C=N/C=C(\C)c1cccc2c1CCC2NCCO. The van der Waals surface area contributed by atoms with Crippen molar-refractivity contribution in [2.45, 2.75) is 25.8 Å². The summed E-state index contributed by atoms with van der Waals surface area (Å²) in [5.41, 5.74) is 5.20. The van der Waals surface area contributed by atoms with E-state index in [1.54, 1.807) is 0 Å². The average molecular weight is 244 g/mol. The monoisotopic (exact) mass is 244 g/mol. The molecule has 1 atom stereocenters. The van der Waals surface area contributed by atoms with Crippen molar-refractivity contribution in [3.8, 4) is 0 Å². The Morgan fingerprint density at radius 1 is 1.61 bits per heavy atom. The number of hydrogen-bond donors (Lipinski definition) is 2. The highest BCUT2D eigenvalue weighted by atomic mass is 16.3. The highest BCUT2D eigenvalue weighted by molar-refractivity contribution is 5.69. The molecule has 2 rings (SSSR count). The van der Waals surface area contributed by atoms with Gasteiger partial charge in [-0.3, -0.25) is 4.99 Å². The molecule has 0 fully saturated rings. The first kappa shape index (κ1) is 13.0. The zero-order chi connectivity index (χ0) is 13.0. The second-order valence-corrected chi connectivity index (χ2v) is 4.64. The van der Waals surface area contributed by atoms with E-state index in [0.717, 1.165) is 18.4 Å². The minimum Gasteiger partial charge on any atom is -0.395 e. The van der Waals surface area contributed by atoms with Gasteiger partial charge >= 0.3 is 0 Å². The highest BCUT2D eigenvalue weighted by Gasteiger charge is 2.23. The summed E-state index contributed by atoms with van der Waals surface area (Å²) in [5, 5.41) is 12.3. The molecule has 18 heavy (non-hydrogen) atoms. The molecule has 1 unspecified atom stereocenters. The summed E-state index contributed by atoms with van der Waals surface area (Å²) in [6.07, 6.45) is 3.99. The van der Waals surface area contributed by atoms with Crippen molar-refractivity contribution in [2.24, 2.45) is 4.99 Å². The largest absolute Gasteiger partial charge is 0.395 e. The van der Waals surface area contributed by atoms with E-state index in [-0.39, 0.29) is 6.61 Å². The molecular formula is C15H20N2O. The molecule has 3 heteroatoms. The molecule has 0 bridgehead atoms. The van der Waals surface area contributed by atoms with Crippen molar-refractivity contribution in [1.82, 2.24) is 5.32 Å². The molecule has 0 aliphatic heterocycles. The van der Waals surface area contributed by atoms with E-state index in [1.165, 1.54) is 16.7 Å². The van der Waals surface area contributed by atoms with Crippen molar-refractivity contribution < 1.29 is 5.11 Å². The summed E-state index contributed by atoms with van der Waals surface area (Å²) in [4.78, 5) is 3.85. The van der Waals surface area contributed by atoms with Crippen LogP contribution < -0.4 is 5.32 Å². The molecule has 0 saturated carbocycles. The maximum Gasteiger partial charge on any atom is 0.0556 e. The Labute approximate surface area is 108 Å². The van der Waals surface area contributed by atoms with E-state index >= 15 is 0 Å². The number of rotatable bonds is 5. The van der Waals surface area contributed by atoms with Crippen LogP contribution in [0.1, 0.15) is 36.1 Å². The first-order valence-corrected chi connectivity index (χ1v) is 6.37. The maximum atomic E-state index is 8.90. The van der Waals surface area contributed by atoms with Gasteiger partial charge in [0.2, 0.25) is 0 Å². The summed E-state index contributed by atoms with van der Waals surface area (Å²) in [6.45, 7) is 6.41. The summed E-state index contributed by atoms with van der Waals surface area (Å²) in [6, 6.07) is 6.78. The van der Waals surface area contributed by atoms with E-state index in [9.17, 15) is 0 Å². The molecule has 1 aromatic carbocycles. The van der Waals surface area contributed by atoms with Crippen LogP contribution >= 0.6 is 0 Å². The van der Waals surface area contributed by atoms with Gasteiger partial charge in [-0.1, -0.05) is 18.2 Å². The number of aliphatic hydroxyl groups is 1. The van der Waals surface area contributed by atoms with Crippen molar-refractivity contribution >= 4 is 12.3 Å². The average Bonchev–Trinajstić information content (AvgIpc) is 2.79. The van der Waals surface area contributed by atoms with Crippen LogP contribution in [0.25, 0.3) is 5.57 Å². The Hall–Kier alpha value is -1.45. The van der Waals surface area contributed by atoms with E-state index in [2.05, 4.69) is 42.1 Å². The second-order valence-electron chi connectivity index (χ2n) is 4.64. The van der Waals surface area contributed by atoms with Gasteiger partial charge in [-0.05, 0) is 48.7 Å². The van der Waals surface area contributed by atoms with Gasteiger partial charge in [0, 0.05) is 18.8 Å². The summed E-state index contributed by atoms with van der Waals surface area (Å²) in [5.74, 6) is 0. The molecule has 0 amide bonds. The zero-order valence-corrected chi connectivity index (χ0v) is 10.8. The summed E-state index contributed by atoms with van der Waals surface area (Å²) < 4.78 is 0. The van der Waals surface area contributed by atoms with E-state index < -0.39 is 0 Å². The predicted octanol–water partition coefficient (Wildman–Crippen LogP) is 2.32. The van der Waals surface area contributed by atoms with Crippen LogP contribution in [0.15, 0.2) is 29.4 Å². The molecule has 3 nitrogen and oxygen atoms in total. The normalized spacial score (nSPS) is 18.8. The Balaban J connectivity index is 2.30. The van der Waals surface area contributed by atoms with E-state index in [1.807, 2.05) is 6.20 Å². The van der Waals surface area contributed by atoms with Crippen LogP contribution in [0.4, 0.5) is 0 Å². The Bertz CT molecular complexity index is 466. The number of aliphatic hydroxyl groups excluding tert-OH is 1. The van der Waals surface area contributed by atoms with Crippen LogP contribution in [0.2, 0.25) is 0 Å². The number of hydrogen-bond acceptors (Lipinski definition) is 3. The van der Waals surface area contributed by atoms with Crippen molar-refractivity contribution in [1.29, 1.82) is 0 Å². The minimum atomic E-state index is 0.185. The molecule has 1 aromatic rings. The van der Waals surface area contributed by atoms with Gasteiger partial charge in [0.1, 0.15) is 0 Å². The minimum absolute atomic E-state index is 0.185. The van der Waals surface area contributed by atoms with Gasteiger partial charge in [0.25, 0.3) is 0 Å². The number of aliphatic imine (C=N–C) groups is 1. The quantitative estimate of drug-likeness (QED) is 0.781. The topological polar surface area (TPSA) is 44.6 Å². The van der Waals surface area contributed by atoms with E-state index in [4.69, 9.17) is 5.11 Å². The lowest BCUT2D eigenvalue weighted by atomic mass is 9.97. The first-order chi connectivity index (χ1) is 8.77. The summed E-state index contributed by atoms with van der Waals surface area (Å²) in [7, 11) is 0. The van der Waals surface area contributed by atoms with Crippen LogP contribution in [-0.2, 0) is 6.42 Å². The lowest BCUT2D eigenvalue weighted by Crippen LogP contribution is -2.22. The third kappa shape index (κ3) is 2.52. The Morgan fingerprint density at radius 3 is 3.17 bits per heavy atom. The molecule has 0 radical (unpaired) electrons. The molecule has 96 valence electrons. The number of allylic oxidation sites excluding steroid dienone is 1. The van der Waals surface area contributed by atoms with Gasteiger partial charge in [-0.2, -0.15) is 0 Å². The fraction of sp³-hybridized carbons (Fsp3) is 0.400. The molecule has 0 aromatic heterocycles. The first-order valence-electron chi connectivity index (χ1n) is 6.37. The number of nitrogens with one attached hydrogen (secondary N) is 1. The molecule has 0 heterocycles. The number of benzene rings is 1. The van der Waals surface area contributed by atoms with Gasteiger partial charge < -0.3 is 10.4 Å². The van der Waals surface area contributed by atoms with Gasteiger partial charge in [0.05, 0.1) is 6.61 Å². The van der Waals surface area contributed by atoms with Crippen molar-refractivity contribution in [3.63, 3.8) is 0 Å². The second kappa shape index (κ2) is 5.94. The standard InChI is InChI=1S/C15H20N2O/c1-11(10-16-2)12-4-3-5-14-13(12)6-7-15(14)17-8-9-18/h3-5,10,15,17-18H,2,6-9H2,1H3/b11-10+. The lowest BCUT2D eigenvalue weighted by molar-refractivity contribution is 0.284. The van der Waals surface area contributed by atoms with Gasteiger partial charge in [-0.15, -0.1) is 0 Å². The molecule has 0 saturated heterocycles. The summed E-state index contributed by atoms with van der Waals surface area (Å²) >= 11 is 0. The lowest BCUT2D eigenvalue weighted by Gasteiger charge is -2.14. The molecule has 1 aliphatic carbocycles. The fourth-order valence-electron chi connectivity index (χ4n) is 2.68. The Morgan fingerprint density at radius 2 is 2.44 bits per heavy atom. The number of nitrogens with zero attached hydrogens (tertiary/aromatic N) is 1. The highest BCUT2D eigenvalue weighted by Crippen LogP contribution is 2.35. The zero-order valence-electron chi connectivity index (χ0n) is 10.8. The van der Waals surface area contributed by atoms with Crippen LogP contribution in [-0.4, -0.2) is 25.0 Å². The van der Waals surface area contributed by atoms with Crippen LogP contribution in [0.5, 0.6) is 0 Å². The van der Waals surface area contributed by atoms with Gasteiger partial charge in [-0.25, -0.2) is 0 Å². The van der Waals surface area contributed by atoms with Crippen molar-refractivity contribution in [3.05, 3.63) is 41.1 Å². The Kier molecular flexibility index (Phi) is 4.28. The van der Waals surface area contributed by atoms with Crippen LogP contribution in [0.3, 0.4) is 0 Å². The van der Waals surface area contributed by atoms with Gasteiger partial charge in [0.15, 0.2) is 0 Å². The molecule has 2 N–H and O–H groups in total. The molecule has 0 spiro atoms. The fourth-order valence-corrected chi connectivity index (χ4v) is 2.68. The third-order valence-corrected chi connectivity index (χ3v) is 3.48. The molecule has 1 aliphatic rings. The maximum absolute atomic E-state index is 8.90. The predicted molar refractivity (Wildman–Crippen MR) is 75.8 cm³/mol. The number of fused-ring (bicyclic) bond motifs is 1. The third-order valence-electron chi connectivity index (χ3n) is 3.48.